The molecule has 0 aliphatic heterocycles. The number of carbonyl (C=O) groups excluding carboxylic acids is 1. The first kappa shape index (κ1) is 15.3. The maximum atomic E-state index is 11.1. The van der Waals surface area contributed by atoms with Crippen LogP contribution in [0.1, 0.15) is 43.1 Å². The Morgan fingerprint density at radius 1 is 1.29 bits per heavy atom. The van der Waals surface area contributed by atoms with Crippen LogP contribution in [0.2, 0.25) is 0 Å². The van der Waals surface area contributed by atoms with E-state index in [0.29, 0.717) is 11.9 Å². The van der Waals surface area contributed by atoms with E-state index in [9.17, 15) is 9.59 Å². The van der Waals surface area contributed by atoms with Gasteiger partial charge >= 0.3 is 5.97 Å². The van der Waals surface area contributed by atoms with E-state index in [4.69, 9.17) is 5.11 Å². The smallest absolute Gasteiger partial charge is 0.354 e. The molecule has 0 unspecified atom stereocenters. The molecule has 1 fully saturated rings. The van der Waals surface area contributed by atoms with Crippen LogP contribution >= 0.6 is 0 Å². The van der Waals surface area contributed by atoms with Gasteiger partial charge in [-0.15, -0.1) is 0 Å². The van der Waals surface area contributed by atoms with Crippen LogP contribution < -0.4 is 10.2 Å². The van der Waals surface area contributed by atoms with Crippen molar-refractivity contribution in [1.82, 2.24) is 10.3 Å². The minimum absolute atomic E-state index is 0.0163. The zero-order valence-corrected chi connectivity index (χ0v) is 12.4. The minimum Gasteiger partial charge on any atom is -0.477 e. The van der Waals surface area contributed by atoms with Gasteiger partial charge in [-0.3, -0.25) is 4.79 Å². The SMILES string of the molecule is CC(=O)NC1CCC(N(C)c2cccc(C(=O)O)n2)CC1. The van der Waals surface area contributed by atoms with Crippen molar-refractivity contribution in [3.8, 4) is 0 Å². The standard InChI is InChI=1S/C15H21N3O3/c1-10(19)16-11-6-8-12(9-7-11)18(2)14-5-3-4-13(17-14)15(20)21/h3-5,11-12H,6-9H2,1-2H3,(H,16,19)(H,20,21). The molecule has 0 saturated heterocycles. The van der Waals surface area contributed by atoms with Crippen molar-refractivity contribution in [3.05, 3.63) is 23.9 Å². The van der Waals surface area contributed by atoms with Crippen molar-refractivity contribution in [2.24, 2.45) is 0 Å². The average Bonchev–Trinajstić information content (AvgIpc) is 2.47. The highest BCUT2D eigenvalue weighted by molar-refractivity contribution is 5.85. The molecule has 1 amide bonds. The highest BCUT2D eigenvalue weighted by atomic mass is 16.4. The van der Waals surface area contributed by atoms with Gasteiger partial charge in [0.1, 0.15) is 5.82 Å². The normalized spacial score (nSPS) is 21.6. The summed E-state index contributed by atoms with van der Waals surface area (Å²) >= 11 is 0. The Bertz CT molecular complexity index is 525. The van der Waals surface area contributed by atoms with E-state index in [0.717, 1.165) is 25.7 Å². The Morgan fingerprint density at radius 3 is 2.52 bits per heavy atom. The number of aromatic carboxylic acids is 1. The van der Waals surface area contributed by atoms with Crippen molar-refractivity contribution >= 4 is 17.7 Å². The first-order chi connectivity index (χ1) is 9.97. The number of carbonyl (C=O) groups is 2. The summed E-state index contributed by atoms with van der Waals surface area (Å²) in [6, 6.07) is 5.61. The molecule has 2 rings (SSSR count). The van der Waals surface area contributed by atoms with Gasteiger partial charge in [0.2, 0.25) is 5.91 Å². The molecular weight excluding hydrogens is 270 g/mol. The molecular formula is C15H21N3O3. The molecule has 0 atom stereocenters. The molecule has 1 heterocycles. The number of aromatic nitrogens is 1. The highest BCUT2D eigenvalue weighted by Crippen LogP contribution is 2.25. The number of pyridine rings is 1. The van der Waals surface area contributed by atoms with Crippen LogP contribution in [0.5, 0.6) is 0 Å². The number of nitrogens with zero attached hydrogens (tertiary/aromatic N) is 2. The van der Waals surface area contributed by atoms with Gasteiger partial charge in [0.05, 0.1) is 0 Å². The van der Waals surface area contributed by atoms with Crippen LogP contribution in [-0.2, 0) is 4.79 Å². The van der Waals surface area contributed by atoms with Crippen LogP contribution in [0.15, 0.2) is 18.2 Å². The molecule has 0 radical (unpaired) electrons. The summed E-state index contributed by atoms with van der Waals surface area (Å²) in [5.41, 5.74) is 0.0614. The topological polar surface area (TPSA) is 82.5 Å². The molecule has 0 aromatic carbocycles. The third-order valence-electron chi connectivity index (χ3n) is 3.97. The lowest BCUT2D eigenvalue weighted by Gasteiger charge is -2.35. The number of anilines is 1. The zero-order valence-electron chi connectivity index (χ0n) is 12.4. The fourth-order valence-corrected chi connectivity index (χ4v) is 2.82. The number of carboxylic acids is 1. The Balaban J connectivity index is 1.98. The molecule has 2 N–H and O–H groups in total. The largest absolute Gasteiger partial charge is 0.477 e. The Hall–Kier alpha value is -2.11. The van der Waals surface area contributed by atoms with Crippen LogP contribution in [0.4, 0.5) is 5.82 Å². The lowest BCUT2D eigenvalue weighted by molar-refractivity contribution is -0.119. The third kappa shape index (κ3) is 3.93. The predicted molar refractivity (Wildman–Crippen MR) is 79.5 cm³/mol. The van der Waals surface area contributed by atoms with Crippen molar-refractivity contribution in [2.45, 2.75) is 44.7 Å². The maximum absolute atomic E-state index is 11.1. The summed E-state index contributed by atoms with van der Waals surface area (Å²) in [4.78, 5) is 28.2. The van der Waals surface area contributed by atoms with Crippen LogP contribution in [0.3, 0.4) is 0 Å². The van der Waals surface area contributed by atoms with Gasteiger partial charge in [0.25, 0.3) is 0 Å². The molecule has 1 aromatic rings. The summed E-state index contributed by atoms with van der Waals surface area (Å²) in [5, 5.41) is 12.0. The first-order valence-corrected chi connectivity index (χ1v) is 7.17. The fraction of sp³-hybridized carbons (Fsp3) is 0.533. The predicted octanol–water partition coefficient (Wildman–Crippen LogP) is 1.66. The maximum Gasteiger partial charge on any atom is 0.354 e. The van der Waals surface area contributed by atoms with Gasteiger partial charge < -0.3 is 15.3 Å². The second-order valence-corrected chi connectivity index (χ2v) is 5.50. The number of amides is 1. The average molecular weight is 291 g/mol. The van der Waals surface area contributed by atoms with E-state index >= 15 is 0 Å². The molecule has 6 nitrogen and oxygen atoms in total. The van der Waals surface area contributed by atoms with Crippen LogP contribution in [-0.4, -0.2) is 41.1 Å². The van der Waals surface area contributed by atoms with Gasteiger partial charge in [0, 0.05) is 26.1 Å². The molecule has 6 heteroatoms. The van der Waals surface area contributed by atoms with Gasteiger partial charge in [-0.1, -0.05) is 6.07 Å². The third-order valence-corrected chi connectivity index (χ3v) is 3.97. The lowest BCUT2D eigenvalue weighted by atomic mass is 9.90. The van der Waals surface area contributed by atoms with Crippen molar-refractivity contribution in [2.75, 3.05) is 11.9 Å². The van der Waals surface area contributed by atoms with E-state index in [1.807, 2.05) is 18.0 Å². The minimum atomic E-state index is -1.01. The zero-order chi connectivity index (χ0) is 15.4. The Morgan fingerprint density at radius 2 is 1.95 bits per heavy atom. The molecule has 1 saturated carbocycles. The number of hydrogen-bond acceptors (Lipinski definition) is 4. The van der Waals surface area contributed by atoms with E-state index in [-0.39, 0.29) is 17.6 Å². The van der Waals surface area contributed by atoms with E-state index in [2.05, 4.69) is 10.3 Å². The number of rotatable bonds is 4. The van der Waals surface area contributed by atoms with E-state index in [1.165, 1.54) is 6.07 Å². The van der Waals surface area contributed by atoms with Crippen molar-refractivity contribution < 1.29 is 14.7 Å². The van der Waals surface area contributed by atoms with Crippen LogP contribution in [0, 0.1) is 0 Å². The Kier molecular flexibility index (Phi) is 4.77. The molecule has 0 bridgehead atoms. The van der Waals surface area contributed by atoms with Gasteiger partial charge in [-0.05, 0) is 37.8 Å². The van der Waals surface area contributed by atoms with Crippen molar-refractivity contribution in [1.29, 1.82) is 0 Å². The van der Waals surface area contributed by atoms with E-state index < -0.39 is 5.97 Å². The van der Waals surface area contributed by atoms with Gasteiger partial charge in [0.15, 0.2) is 5.69 Å². The number of nitrogens with one attached hydrogen (secondary N) is 1. The molecule has 1 aliphatic rings. The number of hydrogen-bond donors (Lipinski definition) is 2. The lowest BCUT2D eigenvalue weighted by Crippen LogP contribution is -2.42. The summed E-state index contributed by atoms with van der Waals surface area (Å²) in [7, 11) is 1.94. The second-order valence-electron chi connectivity index (χ2n) is 5.50. The summed E-state index contributed by atoms with van der Waals surface area (Å²) in [5.74, 6) is -0.319. The van der Waals surface area contributed by atoms with E-state index in [1.54, 1.807) is 13.0 Å². The Labute approximate surface area is 124 Å². The highest BCUT2D eigenvalue weighted by Gasteiger charge is 2.25. The van der Waals surface area contributed by atoms with Crippen molar-refractivity contribution in [3.63, 3.8) is 0 Å². The summed E-state index contributed by atoms with van der Waals surface area (Å²) < 4.78 is 0. The summed E-state index contributed by atoms with van der Waals surface area (Å²) in [6.45, 7) is 1.54. The van der Waals surface area contributed by atoms with Gasteiger partial charge in [-0.25, -0.2) is 9.78 Å². The number of carboxylic acid groups (broad SMARTS) is 1. The molecule has 114 valence electrons. The first-order valence-electron chi connectivity index (χ1n) is 7.17. The second kappa shape index (κ2) is 6.56. The summed E-state index contributed by atoms with van der Waals surface area (Å²) in [6.07, 6.45) is 3.79. The molecule has 0 spiro atoms. The van der Waals surface area contributed by atoms with Crippen LogP contribution in [0.25, 0.3) is 0 Å². The molecule has 1 aliphatic carbocycles. The molecule has 21 heavy (non-hydrogen) atoms. The monoisotopic (exact) mass is 291 g/mol. The molecule has 1 aromatic heterocycles. The quantitative estimate of drug-likeness (QED) is 0.881. The fourth-order valence-electron chi connectivity index (χ4n) is 2.82. The van der Waals surface area contributed by atoms with Gasteiger partial charge in [-0.2, -0.15) is 0 Å².